The number of rotatable bonds is 4. The van der Waals surface area contributed by atoms with Crippen LogP contribution in [0.4, 0.5) is 0 Å². The summed E-state index contributed by atoms with van der Waals surface area (Å²) in [4.78, 5) is 0. The summed E-state index contributed by atoms with van der Waals surface area (Å²) in [6, 6.07) is 10.2. The summed E-state index contributed by atoms with van der Waals surface area (Å²) >= 11 is 6.30. The highest BCUT2D eigenvalue weighted by atomic mass is 35.5. The lowest BCUT2D eigenvalue weighted by atomic mass is 10.0. The van der Waals surface area contributed by atoms with Crippen LogP contribution in [0.15, 0.2) is 42.5 Å². The van der Waals surface area contributed by atoms with Gasteiger partial charge in [0, 0.05) is 0 Å². The number of halogens is 1. The summed E-state index contributed by atoms with van der Waals surface area (Å²) in [6.45, 7) is 4.24. The van der Waals surface area contributed by atoms with E-state index in [0.29, 0.717) is 5.92 Å². The van der Waals surface area contributed by atoms with Gasteiger partial charge in [0.05, 0.1) is 5.38 Å². The van der Waals surface area contributed by atoms with Gasteiger partial charge in [-0.05, 0) is 24.8 Å². The van der Waals surface area contributed by atoms with E-state index in [1.165, 1.54) is 5.56 Å². The molecule has 0 radical (unpaired) electrons. The first kappa shape index (κ1) is 11.3. The van der Waals surface area contributed by atoms with E-state index in [0.717, 1.165) is 6.42 Å². The van der Waals surface area contributed by atoms with Crippen molar-refractivity contribution in [2.24, 2.45) is 5.92 Å². The molecule has 0 aliphatic rings. The zero-order valence-electron chi connectivity index (χ0n) is 8.78. The molecule has 0 saturated carbocycles. The summed E-state index contributed by atoms with van der Waals surface area (Å²) in [5, 5.41) is 0.127. The van der Waals surface area contributed by atoms with Crippen LogP contribution < -0.4 is 0 Å². The molecule has 0 N–H and O–H groups in total. The minimum absolute atomic E-state index is 0.127. The van der Waals surface area contributed by atoms with E-state index in [4.69, 9.17) is 11.6 Å². The van der Waals surface area contributed by atoms with E-state index in [2.05, 4.69) is 31.2 Å². The van der Waals surface area contributed by atoms with Gasteiger partial charge in [0.25, 0.3) is 0 Å². The van der Waals surface area contributed by atoms with E-state index >= 15 is 0 Å². The molecule has 1 heteroatoms. The predicted molar refractivity (Wildman–Crippen MR) is 63.6 cm³/mol. The fourth-order valence-corrected chi connectivity index (χ4v) is 1.96. The second-order valence-corrected chi connectivity index (χ2v) is 4.14. The third kappa shape index (κ3) is 3.55. The number of alkyl halides is 1. The Morgan fingerprint density at radius 1 is 1.29 bits per heavy atom. The molecule has 0 bridgehead atoms. The number of allylic oxidation sites excluding steroid dienone is 2. The van der Waals surface area contributed by atoms with Gasteiger partial charge in [-0.3, -0.25) is 0 Å². The SMILES string of the molecule is CC=CC(C)CC(Cl)c1ccccc1. The molecule has 0 spiro atoms. The monoisotopic (exact) mass is 208 g/mol. The molecule has 0 aliphatic carbocycles. The smallest absolute Gasteiger partial charge is 0.0590 e. The van der Waals surface area contributed by atoms with E-state index in [1.54, 1.807) is 0 Å². The molecule has 1 aromatic rings. The van der Waals surface area contributed by atoms with Crippen molar-refractivity contribution in [3.8, 4) is 0 Å². The minimum Gasteiger partial charge on any atom is -0.118 e. The highest BCUT2D eigenvalue weighted by Gasteiger charge is 2.09. The summed E-state index contributed by atoms with van der Waals surface area (Å²) in [5.41, 5.74) is 1.21. The molecule has 0 saturated heterocycles. The number of hydrogen-bond acceptors (Lipinski definition) is 0. The van der Waals surface area contributed by atoms with E-state index < -0.39 is 0 Å². The van der Waals surface area contributed by atoms with Crippen molar-refractivity contribution in [3.63, 3.8) is 0 Å². The van der Waals surface area contributed by atoms with Gasteiger partial charge in [-0.15, -0.1) is 11.6 Å². The van der Waals surface area contributed by atoms with Crippen LogP contribution >= 0.6 is 11.6 Å². The molecule has 0 nitrogen and oxygen atoms in total. The molecule has 0 heterocycles. The Balaban J connectivity index is 2.54. The zero-order chi connectivity index (χ0) is 10.4. The Morgan fingerprint density at radius 3 is 2.50 bits per heavy atom. The standard InChI is InChI=1S/C13H17Cl/c1-3-7-11(2)10-13(14)12-8-5-4-6-9-12/h3-9,11,13H,10H2,1-2H3. The van der Waals surface area contributed by atoms with Crippen LogP contribution in [-0.4, -0.2) is 0 Å². The zero-order valence-corrected chi connectivity index (χ0v) is 9.54. The number of benzene rings is 1. The second-order valence-electron chi connectivity index (χ2n) is 3.62. The molecule has 0 aromatic heterocycles. The average molecular weight is 209 g/mol. The van der Waals surface area contributed by atoms with Gasteiger partial charge in [0.15, 0.2) is 0 Å². The van der Waals surface area contributed by atoms with E-state index in [-0.39, 0.29) is 5.38 Å². The van der Waals surface area contributed by atoms with E-state index in [1.807, 2.05) is 25.1 Å². The predicted octanol–water partition coefficient (Wildman–Crippen LogP) is 4.57. The molecule has 14 heavy (non-hydrogen) atoms. The van der Waals surface area contributed by atoms with Crippen LogP contribution in [0, 0.1) is 5.92 Å². The molecule has 1 aromatic carbocycles. The molecule has 76 valence electrons. The van der Waals surface area contributed by atoms with Gasteiger partial charge >= 0.3 is 0 Å². The van der Waals surface area contributed by atoms with Gasteiger partial charge in [0.1, 0.15) is 0 Å². The lowest BCUT2D eigenvalue weighted by Crippen LogP contribution is -1.97. The third-order valence-corrected chi connectivity index (χ3v) is 2.69. The van der Waals surface area contributed by atoms with Crippen LogP contribution in [0.3, 0.4) is 0 Å². The molecule has 1 rings (SSSR count). The molecule has 0 amide bonds. The quantitative estimate of drug-likeness (QED) is 0.502. The topological polar surface area (TPSA) is 0 Å². The fraction of sp³-hybridized carbons (Fsp3) is 0.385. The maximum absolute atomic E-state index is 6.30. The van der Waals surface area contributed by atoms with Crippen molar-refractivity contribution < 1.29 is 0 Å². The molecule has 2 atom stereocenters. The van der Waals surface area contributed by atoms with Crippen molar-refractivity contribution in [2.45, 2.75) is 25.6 Å². The lowest BCUT2D eigenvalue weighted by molar-refractivity contribution is 0.632. The summed E-state index contributed by atoms with van der Waals surface area (Å²) in [7, 11) is 0. The summed E-state index contributed by atoms with van der Waals surface area (Å²) < 4.78 is 0. The van der Waals surface area contributed by atoms with Gasteiger partial charge in [-0.2, -0.15) is 0 Å². The summed E-state index contributed by atoms with van der Waals surface area (Å²) in [6.07, 6.45) is 5.27. The van der Waals surface area contributed by atoms with Crippen molar-refractivity contribution in [1.29, 1.82) is 0 Å². The first-order chi connectivity index (χ1) is 6.74. The highest BCUT2D eigenvalue weighted by molar-refractivity contribution is 6.20. The van der Waals surface area contributed by atoms with Crippen LogP contribution in [0.25, 0.3) is 0 Å². The van der Waals surface area contributed by atoms with Crippen molar-refractivity contribution >= 4 is 11.6 Å². The molecule has 2 unspecified atom stereocenters. The number of hydrogen-bond donors (Lipinski definition) is 0. The molecule has 0 fully saturated rings. The Labute approximate surface area is 91.6 Å². The van der Waals surface area contributed by atoms with Crippen LogP contribution in [0.5, 0.6) is 0 Å². The first-order valence-electron chi connectivity index (χ1n) is 5.06. The van der Waals surface area contributed by atoms with Crippen LogP contribution in [0.1, 0.15) is 31.2 Å². The maximum atomic E-state index is 6.30. The van der Waals surface area contributed by atoms with Crippen molar-refractivity contribution in [3.05, 3.63) is 48.0 Å². The highest BCUT2D eigenvalue weighted by Crippen LogP contribution is 2.27. The van der Waals surface area contributed by atoms with Crippen LogP contribution in [-0.2, 0) is 0 Å². The Morgan fingerprint density at radius 2 is 1.93 bits per heavy atom. The van der Waals surface area contributed by atoms with Crippen molar-refractivity contribution in [1.82, 2.24) is 0 Å². The van der Waals surface area contributed by atoms with E-state index in [9.17, 15) is 0 Å². The normalized spacial score (nSPS) is 15.6. The molecule has 0 aliphatic heterocycles. The van der Waals surface area contributed by atoms with Gasteiger partial charge in [-0.1, -0.05) is 49.4 Å². The Kier molecular flexibility index (Phi) is 4.75. The molecular weight excluding hydrogens is 192 g/mol. The third-order valence-electron chi connectivity index (χ3n) is 2.26. The maximum Gasteiger partial charge on any atom is 0.0590 e. The first-order valence-corrected chi connectivity index (χ1v) is 5.49. The minimum atomic E-state index is 0.127. The summed E-state index contributed by atoms with van der Waals surface area (Å²) in [5.74, 6) is 0.544. The van der Waals surface area contributed by atoms with Gasteiger partial charge in [-0.25, -0.2) is 0 Å². The molecular formula is C13H17Cl. The fourth-order valence-electron chi connectivity index (χ4n) is 1.53. The lowest BCUT2D eigenvalue weighted by Gasteiger charge is -2.12. The Bertz CT molecular complexity index is 277. The van der Waals surface area contributed by atoms with Crippen LogP contribution in [0.2, 0.25) is 0 Å². The van der Waals surface area contributed by atoms with Gasteiger partial charge in [0.2, 0.25) is 0 Å². The second kappa shape index (κ2) is 5.87. The largest absolute Gasteiger partial charge is 0.118 e. The van der Waals surface area contributed by atoms with Crippen molar-refractivity contribution in [2.75, 3.05) is 0 Å². The van der Waals surface area contributed by atoms with Gasteiger partial charge < -0.3 is 0 Å². The Hall–Kier alpha value is -0.750. The average Bonchev–Trinajstić information content (AvgIpc) is 2.19.